The summed E-state index contributed by atoms with van der Waals surface area (Å²) < 4.78 is 26.7. The van der Waals surface area contributed by atoms with Crippen LogP contribution in [0.15, 0.2) is 46.2 Å². The van der Waals surface area contributed by atoms with Gasteiger partial charge in [-0.1, -0.05) is 11.6 Å². The van der Waals surface area contributed by atoms with Crippen LogP contribution in [0.5, 0.6) is 0 Å². The summed E-state index contributed by atoms with van der Waals surface area (Å²) in [6.07, 6.45) is 0.708. The summed E-state index contributed by atoms with van der Waals surface area (Å²) in [5.74, 6) is -0.707. The number of aliphatic imine (C=N–C) groups is 1. The number of carbonyl (C=O) groups is 2. The van der Waals surface area contributed by atoms with Crippen molar-refractivity contribution in [3.8, 4) is 0 Å². The molecule has 0 fully saturated rings. The van der Waals surface area contributed by atoms with Gasteiger partial charge in [-0.05, 0) is 58.0 Å². The predicted molar refractivity (Wildman–Crippen MR) is 134 cm³/mol. The summed E-state index contributed by atoms with van der Waals surface area (Å²) in [4.78, 5) is 33.7. The van der Waals surface area contributed by atoms with Crippen LogP contribution in [0.2, 0.25) is 11.1 Å². The molecule has 186 valence electrons. The Hall–Kier alpha value is -3.18. The van der Waals surface area contributed by atoms with Gasteiger partial charge in [0.25, 0.3) is 5.91 Å². The van der Waals surface area contributed by atoms with Crippen molar-refractivity contribution in [2.75, 3.05) is 19.4 Å². The number of pyridine rings is 1. The third kappa shape index (κ3) is 6.49. The average Bonchev–Trinajstić information content (AvgIpc) is 2.76. The molecule has 1 aliphatic rings. The van der Waals surface area contributed by atoms with Crippen LogP contribution in [0.1, 0.15) is 43.7 Å². The Bertz CT molecular complexity index is 1200. The maximum Gasteiger partial charge on any atom is 0.414 e. The van der Waals surface area contributed by atoms with E-state index in [0.29, 0.717) is 16.8 Å². The number of aromatic nitrogens is 1. The van der Waals surface area contributed by atoms with Gasteiger partial charge < -0.3 is 19.3 Å². The molecule has 1 atom stereocenters. The van der Waals surface area contributed by atoms with Crippen molar-refractivity contribution < 1.29 is 18.7 Å². The highest BCUT2D eigenvalue weighted by atomic mass is 35.5. The Kier molecular flexibility index (Phi) is 7.70. The molecule has 0 saturated carbocycles. The quantitative estimate of drug-likeness (QED) is 0.579. The topological polar surface area (TPSA) is 108 Å². The molecule has 1 aromatic carbocycles. The van der Waals surface area contributed by atoms with E-state index in [0.717, 1.165) is 0 Å². The van der Waals surface area contributed by atoms with E-state index in [2.05, 4.69) is 20.3 Å². The third-order valence-corrected chi connectivity index (χ3v) is 7.93. The molecule has 3 rings (SSSR count). The number of guanidine groups is 1. The number of hydrogen-bond acceptors (Lipinski definition) is 6. The number of nitrogens with one attached hydrogen (secondary N) is 2. The van der Waals surface area contributed by atoms with E-state index in [1.54, 1.807) is 52.4 Å². The van der Waals surface area contributed by atoms with Crippen LogP contribution >= 0.6 is 11.6 Å². The van der Waals surface area contributed by atoms with Gasteiger partial charge in [-0.15, -0.1) is 0 Å². The molecule has 12 heteroatoms. The summed E-state index contributed by atoms with van der Waals surface area (Å²) in [5, 5.41) is 5.82. The monoisotopic (exact) mass is 518 g/mol. The summed E-state index contributed by atoms with van der Waals surface area (Å²) in [7, 11) is 1.90. The standard InChI is InChI=1S/C23H28ClFN6O3Si/c1-22(2,3)34-21(33)29-20-30-23(4,13-35(26-5)31(20)6)16-11-15(8-9-17(16)25)28-19(32)18-10-7-14(24)12-27-18/h7-12H,13H2,1-6H3,(H,28,32)(H,29,30,33)/t23-/m0/s1. The number of halogens is 2. The van der Waals surface area contributed by atoms with Crippen molar-refractivity contribution in [1.29, 1.82) is 0 Å². The van der Waals surface area contributed by atoms with Gasteiger partial charge in [0.15, 0.2) is 0 Å². The Morgan fingerprint density at radius 1 is 1.26 bits per heavy atom. The largest absolute Gasteiger partial charge is 0.444 e. The summed E-state index contributed by atoms with van der Waals surface area (Å²) in [5.41, 5.74) is -0.928. The lowest BCUT2D eigenvalue weighted by atomic mass is 9.93. The normalized spacial score (nSPS) is 19.3. The van der Waals surface area contributed by atoms with Crippen molar-refractivity contribution in [3.63, 3.8) is 0 Å². The lowest BCUT2D eigenvalue weighted by Crippen LogP contribution is -2.53. The summed E-state index contributed by atoms with van der Waals surface area (Å²) in [6.45, 7) is 7.05. The number of nitrogens with zero attached hydrogens (tertiary/aromatic N) is 4. The van der Waals surface area contributed by atoms with E-state index in [-0.39, 0.29) is 17.2 Å². The fourth-order valence-electron chi connectivity index (χ4n) is 3.51. The second-order valence-corrected chi connectivity index (χ2v) is 12.0. The molecule has 0 saturated heterocycles. The van der Waals surface area contributed by atoms with Gasteiger partial charge in [-0.2, -0.15) is 0 Å². The third-order valence-electron chi connectivity index (χ3n) is 5.20. The van der Waals surface area contributed by atoms with Gasteiger partial charge >= 0.3 is 6.09 Å². The molecule has 2 amide bonds. The zero-order valence-corrected chi connectivity index (χ0v) is 22.2. The first-order valence-electron chi connectivity index (χ1n) is 10.8. The van der Waals surface area contributed by atoms with E-state index >= 15 is 4.39 Å². The number of anilines is 1. The number of benzene rings is 1. The number of hydrogen-bond donors (Lipinski definition) is 2. The molecule has 2 heterocycles. The lowest BCUT2D eigenvalue weighted by Gasteiger charge is -2.37. The minimum Gasteiger partial charge on any atom is -0.444 e. The zero-order valence-electron chi connectivity index (χ0n) is 20.4. The number of carbonyl (C=O) groups excluding carboxylic acids is 2. The molecule has 0 spiro atoms. The molecular weight excluding hydrogens is 491 g/mol. The van der Waals surface area contributed by atoms with Gasteiger partial charge in [-0.3, -0.25) is 10.1 Å². The number of ether oxygens (including phenoxy) is 1. The molecule has 0 bridgehead atoms. The van der Waals surface area contributed by atoms with Crippen molar-refractivity contribution in [2.24, 2.45) is 9.63 Å². The highest BCUT2D eigenvalue weighted by molar-refractivity contribution is 6.48. The Morgan fingerprint density at radius 3 is 2.57 bits per heavy atom. The molecule has 2 N–H and O–H groups in total. The fourth-order valence-corrected chi connectivity index (χ4v) is 5.55. The Labute approximate surface area is 210 Å². The fraction of sp³-hybridized carbons (Fsp3) is 0.391. The number of rotatable bonds is 3. The smallest absolute Gasteiger partial charge is 0.414 e. The molecule has 0 radical (unpaired) electrons. The number of amides is 2. The predicted octanol–water partition coefficient (Wildman–Crippen LogP) is 4.55. The van der Waals surface area contributed by atoms with Crippen LogP contribution in [-0.2, 0) is 10.3 Å². The second-order valence-electron chi connectivity index (χ2n) is 9.22. The maximum atomic E-state index is 15.1. The van der Waals surface area contributed by atoms with Crippen molar-refractivity contribution in [1.82, 2.24) is 14.9 Å². The van der Waals surface area contributed by atoms with Gasteiger partial charge in [0.2, 0.25) is 14.7 Å². The molecule has 0 unspecified atom stereocenters. The SMILES string of the molecule is CN=[Si]1C[C@@](C)(c2cc(NC(=O)c3ccc(Cl)cn3)ccc2F)N=C(NC(=O)OC(C)(C)C)N1C. The average molecular weight is 519 g/mol. The van der Waals surface area contributed by atoms with Crippen LogP contribution in [0.4, 0.5) is 14.9 Å². The molecular formula is C23H28ClFN6O3Si. The highest BCUT2D eigenvalue weighted by Gasteiger charge is 2.39. The second kappa shape index (κ2) is 10.2. The zero-order chi connectivity index (χ0) is 26.0. The Morgan fingerprint density at radius 2 is 1.97 bits per heavy atom. The Balaban J connectivity index is 1.95. The first-order valence-corrected chi connectivity index (χ1v) is 12.8. The summed E-state index contributed by atoms with van der Waals surface area (Å²) in [6, 6.07) is 7.78. The van der Waals surface area contributed by atoms with Crippen LogP contribution in [0.3, 0.4) is 0 Å². The van der Waals surface area contributed by atoms with E-state index in [1.807, 2.05) is 0 Å². The molecule has 0 aliphatic carbocycles. The van der Waals surface area contributed by atoms with Gasteiger partial charge in [0.1, 0.15) is 17.1 Å². The molecule has 35 heavy (non-hydrogen) atoms. The first-order chi connectivity index (χ1) is 16.3. The van der Waals surface area contributed by atoms with Crippen LogP contribution in [-0.4, -0.2) is 56.0 Å². The van der Waals surface area contributed by atoms with Gasteiger partial charge in [0, 0.05) is 37.6 Å². The van der Waals surface area contributed by atoms with E-state index in [1.165, 1.54) is 30.5 Å². The van der Waals surface area contributed by atoms with E-state index < -0.39 is 37.7 Å². The van der Waals surface area contributed by atoms with Crippen LogP contribution in [0.25, 0.3) is 0 Å². The van der Waals surface area contributed by atoms with Crippen LogP contribution < -0.4 is 10.6 Å². The van der Waals surface area contributed by atoms with Crippen LogP contribution in [0, 0.1) is 5.82 Å². The lowest BCUT2D eigenvalue weighted by molar-refractivity contribution is 0.0558. The molecule has 2 aromatic rings. The van der Waals surface area contributed by atoms with Crippen molar-refractivity contribution in [2.45, 2.75) is 44.9 Å². The maximum absolute atomic E-state index is 15.1. The first kappa shape index (κ1) is 26.4. The van der Waals surface area contributed by atoms with E-state index in [9.17, 15) is 9.59 Å². The van der Waals surface area contributed by atoms with Gasteiger partial charge in [0.05, 0.1) is 10.6 Å². The van der Waals surface area contributed by atoms with E-state index in [4.69, 9.17) is 21.3 Å². The molecule has 1 aromatic heterocycles. The minimum atomic E-state index is -1.57. The number of alkyl carbamates (subject to hydrolysis) is 1. The molecule has 9 nitrogen and oxygen atoms in total. The van der Waals surface area contributed by atoms with Crippen molar-refractivity contribution in [3.05, 3.63) is 58.6 Å². The summed E-state index contributed by atoms with van der Waals surface area (Å²) >= 11 is 5.83. The minimum absolute atomic E-state index is 0.169. The molecule has 1 aliphatic heterocycles. The van der Waals surface area contributed by atoms with Crippen molar-refractivity contribution >= 4 is 44.0 Å². The highest BCUT2D eigenvalue weighted by Crippen LogP contribution is 2.37. The van der Waals surface area contributed by atoms with Gasteiger partial charge in [-0.25, -0.2) is 19.2 Å².